The molecule has 0 aromatic heterocycles. The van der Waals surface area contributed by atoms with Crippen molar-refractivity contribution >= 4 is 5.84 Å². The van der Waals surface area contributed by atoms with Crippen molar-refractivity contribution in [2.24, 2.45) is 4.99 Å². The molecule has 0 spiro atoms. The van der Waals surface area contributed by atoms with Gasteiger partial charge >= 0.3 is 0 Å². The van der Waals surface area contributed by atoms with Gasteiger partial charge in [0.25, 0.3) is 0 Å². The summed E-state index contributed by atoms with van der Waals surface area (Å²) >= 11 is 0. The van der Waals surface area contributed by atoms with Crippen LogP contribution in [-0.4, -0.2) is 30.6 Å². The van der Waals surface area contributed by atoms with Crippen LogP contribution in [0.15, 0.2) is 4.99 Å². The average Bonchev–Trinajstić information content (AvgIpc) is 2.91. The number of aliphatic hydroxyl groups is 1. The molecule has 114 valence electrons. The van der Waals surface area contributed by atoms with Crippen LogP contribution in [0, 0.1) is 0 Å². The molecule has 3 heteroatoms. The van der Waals surface area contributed by atoms with E-state index in [1.807, 2.05) is 0 Å². The second kappa shape index (κ2) is 15.5. The molecular weight excluding hydrogens is 236 g/mol. The topological polar surface area (TPSA) is 44.6 Å². The Hall–Kier alpha value is -0.570. The van der Waals surface area contributed by atoms with E-state index in [0.29, 0.717) is 0 Å². The van der Waals surface area contributed by atoms with E-state index < -0.39 is 0 Å². The zero-order valence-electron chi connectivity index (χ0n) is 13.1. The number of nitrogens with zero attached hydrogens (tertiary/aromatic N) is 1. The molecule has 1 rings (SSSR count). The predicted octanol–water partition coefficient (Wildman–Crippen LogP) is 3.91. The van der Waals surface area contributed by atoms with Crippen LogP contribution in [0.3, 0.4) is 0 Å². The van der Waals surface area contributed by atoms with E-state index in [1.165, 1.54) is 70.0 Å². The Morgan fingerprint density at radius 2 is 1.47 bits per heavy atom. The van der Waals surface area contributed by atoms with E-state index in [0.717, 1.165) is 13.1 Å². The maximum Gasteiger partial charge on any atom is 0.0964 e. The quantitative estimate of drug-likeness (QED) is 0.591. The summed E-state index contributed by atoms with van der Waals surface area (Å²) in [5.74, 6) is 1.25. The van der Waals surface area contributed by atoms with Crippen LogP contribution in [-0.2, 0) is 0 Å². The Balaban J connectivity index is 0.000000982. The smallest absolute Gasteiger partial charge is 0.0964 e. The van der Waals surface area contributed by atoms with Crippen LogP contribution >= 0.6 is 0 Å². The third-order valence-electron chi connectivity index (χ3n) is 3.26. The fourth-order valence-electron chi connectivity index (χ4n) is 2.22. The molecule has 19 heavy (non-hydrogen) atoms. The lowest BCUT2D eigenvalue weighted by Crippen LogP contribution is -2.17. The average molecular weight is 270 g/mol. The van der Waals surface area contributed by atoms with Crippen molar-refractivity contribution in [2.45, 2.75) is 78.1 Å². The van der Waals surface area contributed by atoms with E-state index in [9.17, 15) is 0 Å². The van der Waals surface area contributed by atoms with Crippen LogP contribution in [0.5, 0.6) is 0 Å². The maximum atomic E-state index is 7.57. The van der Waals surface area contributed by atoms with Crippen molar-refractivity contribution in [1.82, 2.24) is 5.32 Å². The lowest BCUT2D eigenvalue weighted by atomic mass is 10.1. The highest BCUT2D eigenvalue weighted by atomic mass is 16.2. The SMILES string of the molecule is CCCCCCCCCCCC1=NCCN1.CCO. The molecule has 1 aliphatic heterocycles. The zero-order chi connectivity index (χ0) is 14.2. The van der Waals surface area contributed by atoms with E-state index in [1.54, 1.807) is 6.92 Å². The fourth-order valence-corrected chi connectivity index (χ4v) is 2.22. The minimum absolute atomic E-state index is 0.250. The van der Waals surface area contributed by atoms with Gasteiger partial charge in [-0.1, -0.05) is 58.3 Å². The Bertz CT molecular complexity index is 205. The molecule has 1 heterocycles. The Kier molecular flexibility index (Phi) is 15.0. The van der Waals surface area contributed by atoms with Crippen LogP contribution in [0.25, 0.3) is 0 Å². The molecule has 1 aliphatic rings. The van der Waals surface area contributed by atoms with Gasteiger partial charge in [-0.25, -0.2) is 0 Å². The molecule has 0 atom stereocenters. The summed E-state index contributed by atoms with van der Waals surface area (Å²) in [4.78, 5) is 4.41. The van der Waals surface area contributed by atoms with Crippen molar-refractivity contribution in [3.63, 3.8) is 0 Å². The van der Waals surface area contributed by atoms with Crippen molar-refractivity contribution in [3.05, 3.63) is 0 Å². The summed E-state index contributed by atoms with van der Waals surface area (Å²) in [5.41, 5.74) is 0. The van der Waals surface area contributed by atoms with E-state index in [4.69, 9.17) is 5.11 Å². The van der Waals surface area contributed by atoms with Gasteiger partial charge in [0.1, 0.15) is 0 Å². The largest absolute Gasteiger partial charge is 0.397 e. The predicted molar refractivity (Wildman–Crippen MR) is 84.9 cm³/mol. The van der Waals surface area contributed by atoms with Crippen LogP contribution in [0.2, 0.25) is 0 Å². The number of aliphatic imine (C=N–C) groups is 1. The van der Waals surface area contributed by atoms with Gasteiger partial charge in [0.15, 0.2) is 0 Å². The third kappa shape index (κ3) is 13.7. The van der Waals surface area contributed by atoms with E-state index in [-0.39, 0.29) is 6.61 Å². The van der Waals surface area contributed by atoms with Gasteiger partial charge < -0.3 is 10.4 Å². The fraction of sp³-hybridized carbons (Fsp3) is 0.938. The molecule has 3 nitrogen and oxygen atoms in total. The minimum Gasteiger partial charge on any atom is -0.397 e. The van der Waals surface area contributed by atoms with Crippen molar-refractivity contribution in [3.8, 4) is 0 Å². The molecule has 0 radical (unpaired) electrons. The highest BCUT2D eigenvalue weighted by molar-refractivity contribution is 5.83. The zero-order valence-corrected chi connectivity index (χ0v) is 13.1. The second-order valence-corrected chi connectivity index (χ2v) is 5.15. The second-order valence-electron chi connectivity index (χ2n) is 5.15. The number of unbranched alkanes of at least 4 members (excludes halogenated alkanes) is 8. The molecule has 0 fully saturated rings. The summed E-state index contributed by atoms with van der Waals surface area (Å²) in [7, 11) is 0. The Morgan fingerprint density at radius 3 is 1.95 bits per heavy atom. The first-order chi connectivity index (χ1) is 9.35. The highest BCUT2D eigenvalue weighted by Gasteiger charge is 2.03. The standard InChI is InChI=1S/C14H28N2.C2H6O/c1-2-3-4-5-6-7-8-9-10-11-14-15-12-13-16-14;1-2-3/h2-13H2,1H3,(H,15,16);3H,2H2,1H3. The van der Waals surface area contributed by atoms with Crippen LogP contribution in [0.1, 0.15) is 78.1 Å². The molecule has 2 N–H and O–H groups in total. The highest BCUT2D eigenvalue weighted by Crippen LogP contribution is 2.10. The number of hydrogen-bond donors (Lipinski definition) is 2. The van der Waals surface area contributed by atoms with Gasteiger partial charge in [-0.3, -0.25) is 4.99 Å². The number of rotatable bonds is 10. The first kappa shape index (κ1) is 18.4. The summed E-state index contributed by atoms with van der Waals surface area (Å²) in [6, 6.07) is 0. The number of aliphatic hydroxyl groups excluding tert-OH is 1. The van der Waals surface area contributed by atoms with Gasteiger partial charge in [0, 0.05) is 19.6 Å². The van der Waals surface area contributed by atoms with Crippen LogP contribution < -0.4 is 5.32 Å². The summed E-state index contributed by atoms with van der Waals surface area (Å²) in [5, 5.41) is 10.9. The number of amidine groups is 1. The lowest BCUT2D eigenvalue weighted by molar-refractivity contribution is 0.318. The molecule has 0 aromatic rings. The molecular formula is C16H34N2O. The van der Waals surface area contributed by atoms with Crippen LogP contribution in [0.4, 0.5) is 0 Å². The number of nitrogens with one attached hydrogen (secondary N) is 1. The minimum atomic E-state index is 0.250. The number of hydrogen-bond acceptors (Lipinski definition) is 3. The summed E-state index contributed by atoms with van der Waals surface area (Å²) < 4.78 is 0. The Labute approximate surface area is 119 Å². The molecule has 0 saturated carbocycles. The first-order valence-corrected chi connectivity index (χ1v) is 8.23. The monoisotopic (exact) mass is 270 g/mol. The third-order valence-corrected chi connectivity index (χ3v) is 3.26. The van der Waals surface area contributed by atoms with E-state index >= 15 is 0 Å². The molecule has 0 unspecified atom stereocenters. The lowest BCUT2D eigenvalue weighted by Gasteiger charge is -2.03. The maximum absolute atomic E-state index is 7.57. The Morgan fingerprint density at radius 1 is 0.947 bits per heavy atom. The van der Waals surface area contributed by atoms with Crippen molar-refractivity contribution in [2.75, 3.05) is 19.7 Å². The van der Waals surface area contributed by atoms with Gasteiger partial charge in [0.05, 0.1) is 12.4 Å². The van der Waals surface area contributed by atoms with E-state index in [2.05, 4.69) is 17.2 Å². The van der Waals surface area contributed by atoms with Gasteiger partial charge in [-0.15, -0.1) is 0 Å². The summed E-state index contributed by atoms with van der Waals surface area (Å²) in [6.45, 7) is 6.26. The molecule has 0 saturated heterocycles. The molecule has 0 bridgehead atoms. The summed E-state index contributed by atoms with van der Waals surface area (Å²) in [6.07, 6.45) is 13.8. The first-order valence-electron chi connectivity index (χ1n) is 8.23. The van der Waals surface area contributed by atoms with Gasteiger partial charge in [0.2, 0.25) is 0 Å². The normalized spacial score (nSPS) is 13.5. The van der Waals surface area contributed by atoms with Gasteiger partial charge in [-0.05, 0) is 13.3 Å². The molecule has 0 aliphatic carbocycles. The van der Waals surface area contributed by atoms with Crippen molar-refractivity contribution in [1.29, 1.82) is 0 Å². The van der Waals surface area contributed by atoms with Crippen molar-refractivity contribution < 1.29 is 5.11 Å². The van der Waals surface area contributed by atoms with Gasteiger partial charge in [-0.2, -0.15) is 0 Å². The molecule has 0 amide bonds. The molecule has 0 aromatic carbocycles.